The number of Topliss-reactive ketones (excluding diaryl/α,β-unsaturated/α-hetero) is 1. The summed E-state index contributed by atoms with van der Waals surface area (Å²) in [6.07, 6.45) is 4.36. The van der Waals surface area contributed by atoms with Crippen molar-refractivity contribution in [2.75, 3.05) is 5.32 Å². The van der Waals surface area contributed by atoms with Crippen molar-refractivity contribution in [3.05, 3.63) is 54.4 Å². The molecule has 3 aromatic rings. The van der Waals surface area contributed by atoms with Gasteiger partial charge in [-0.3, -0.25) is 14.6 Å². The van der Waals surface area contributed by atoms with E-state index in [4.69, 9.17) is 0 Å². The van der Waals surface area contributed by atoms with Gasteiger partial charge in [0.2, 0.25) is 5.91 Å². The first-order valence-corrected chi connectivity index (χ1v) is 10.3. The third-order valence-corrected chi connectivity index (χ3v) is 5.37. The summed E-state index contributed by atoms with van der Waals surface area (Å²) in [5.74, 6) is 0.561. The Balaban J connectivity index is 1.75. The number of aromatic nitrogens is 4. The second-order valence-electron chi connectivity index (χ2n) is 6.58. The number of amides is 1. The summed E-state index contributed by atoms with van der Waals surface area (Å²) in [5, 5.41) is 11.8. The molecule has 8 heteroatoms. The number of rotatable bonds is 8. The molecule has 0 spiro atoms. The third kappa shape index (κ3) is 5.08. The summed E-state index contributed by atoms with van der Waals surface area (Å²) < 4.78 is 2.03. The van der Waals surface area contributed by atoms with Crippen molar-refractivity contribution in [1.82, 2.24) is 19.7 Å². The number of pyridine rings is 1. The molecule has 29 heavy (non-hydrogen) atoms. The summed E-state index contributed by atoms with van der Waals surface area (Å²) >= 11 is 1.36. The molecule has 0 aliphatic carbocycles. The van der Waals surface area contributed by atoms with Crippen molar-refractivity contribution in [2.24, 2.45) is 0 Å². The van der Waals surface area contributed by atoms with Crippen LogP contribution in [0.5, 0.6) is 0 Å². The van der Waals surface area contributed by atoms with Crippen LogP contribution < -0.4 is 5.32 Å². The Kier molecular flexibility index (Phi) is 6.77. The maximum Gasteiger partial charge on any atom is 0.237 e. The van der Waals surface area contributed by atoms with Gasteiger partial charge in [-0.2, -0.15) is 0 Å². The topological polar surface area (TPSA) is 89.8 Å². The molecule has 0 aliphatic rings. The van der Waals surface area contributed by atoms with Gasteiger partial charge in [0.15, 0.2) is 16.8 Å². The van der Waals surface area contributed by atoms with E-state index in [1.807, 2.05) is 23.6 Å². The molecule has 1 N–H and O–H groups in total. The minimum atomic E-state index is -0.388. The van der Waals surface area contributed by atoms with Crippen molar-refractivity contribution in [1.29, 1.82) is 0 Å². The molecule has 0 saturated carbocycles. The molecule has 0 unspecified atom stereocenters. The van der Waals surface area contributed by atoms with E-state index in [0.29, 0.717) is 16.4 Å². The molecular formula is C21H23N5O2S. The van der Waals surface area contributed by atoms with Crippen LogP contribution in [0, 0.1) is 0 Å². The quantitative estimate of drug-likeness (QED) is 0.445. The van der Waals surface area contributed by atoms with E-state index in [0.717, 1.165) is 24.4 Å². The molecule has 150 valence electrons. The highest BCUT2D eigenvalue weighted by molar-refractivity contribution is 8.00. The average Bonchev–Trinajstić information content (AvgIpc) is 3.11. The zero-order valence-electron chi connectivity index (χ0n) is 16.6. The Hall–Kier alpha value is -3.00. The smallest absolute Gasteiger partial charge is 0.237 e. The number of nitrogens with one attached hydrogen (secondary N) is 1. The number of hydrogen-bond donors (Lipinski definition) is 1. The number of carbonyl (C=O) groups is 2. The Morgan fingerprint density at radius 2 is 1.93 bits per heavy atom. The van der Waals surface area contributed by atoms with Crippen molar-refractivity contribution < 1.29 is 9.59 Å². The highest BCUT2D eigenvalue weighted by atomic mass is 32.2. The van der Waals surface area contributed by atoms with Crippen LogP contribution in [0.2, 0.25) is 0 Å². The van der Waals surface area contributed by atoms with Crippen LogP contribution in [0.3, 0.4) is 0 Å². The second-order valence-corrected chi connectivity index (χ2v) is 7.89. The van der Waals surface area contributed by atoms with E-state index >= 15 is 0 Å². The molecule has 0 fully saturated rings. The normalized spacial score (nSPS) is 11.8. The minimum absolute atomic E-state index is 0.0418. The highest BCUT2D eigenvalue weighted by Crippen LogP contribution is 2.27. The Morgan fingerprint density at radius 3 is 2.62 bits per heavy atom. The minimum Gasteiger partial charge on any atom is -0.325 e. The number of carbonyl (C=O) groups excluding carboxylic acids is 2. The van der Waals surface area contributed by atoms with E-state index in [9.17, 15) is 9.59 Å². The van der Waals surface area contributed by atoms with E-state index in [1.165, 1.54) is 18.7 Å². The fourth-order valence-corrected chi connectivity index (χ4v) is 3.66. The zero-order chi connectivity index (χ0) is 20.8. The Labute approximate surface area is 174 Å². The lowest BCUT2D eigenvalue weighted by Gasteiger charge is -2.13. The van der Waals surface area contributed by atoms with Crippen LogP contribution in [0.1, 0.15) is 37.6 Å². The van der Waals surface area contributed by atoms with Gasteiger partial charge >= 0.3 is 0 Å². The second kappa shape index (κ2) is 9.47. The van der Waals surface area contributed by atoms with Crippen LogP contribution in [-0.4, -0.2) is 36.7 Å². The van der Waals surface area contributed by atoms with Gasteiger partial charge in [0, 0.05) is 35.8 Å². The maximum absolute atomic E-state index is 12.7. The number of thioether (sulfide) groups is 1. The Morgan fingerprint density at radius 1 is 1.17 bits per heavy atom. The Bertz CT molecular complexity index is 1000. The van der Waals surface area contributed by atoms with Crippen LogP contribution >= 0.6 is 11.8 Å². The standard InChI is InChI=1S/C21H23N5O2S/c1-4-12-26-19(16-8-10-22-11-9-16)24-25-21(26)29-15(3)20(28)23-18-7-5-6-17(13-18)14(2)27/h5-11,13,15H,4,12H2,1-3H3,(H,23,28)/t15-/m0/s1. The summed E-state index contributed by atoms with van der Waals surface area (Å²) in [5.41, 5.74) is 2.10. The van der Waals surface area contributed by atoms with Gasteiger partial charge in [-0.05, 0) is 44.5 Å². The summed E-state index contributed by atoms with van der Waals surface area (Å²) in [6, 6.07) is 10.7. The molecule has 2 heterocycles. The SMILES string of the molecule is CCCn1c(S[C@@H](C)C(=O)Nc2cccc(C(C)=O)c2)nnc1-c1ccncc1. The molecule has 0 bridgehead atoms. The van der Waals surface area contributed by atoms with E-state index in [1.54, 1.807) is 36.7 Å². The van der Waals surface area contributed by atoms with Gasteiger partial charge in [-0.25, -0.2) is 0 Å². The molecule has 1 atom stereocenters. The monoisotopic (exact) mass is 409 g/mol. The van der Waals surface area contributed by atoms with Crippen molar-refractivity contribution in [3.63, 3.8) is 0 Å². The van der Waals surface area contributed by atoms with Gasteiger partial charge < -0.3 is 9.88 Å². The van der Waals surface area contributed by atoms with Crippen molar-refractivity contribution >= 4 is 29.1 Å². The van der Waals surface area contributed by atoms with Crippen LogP contribution in [0.15, 0.2) is 53.9 Å². The zero-order valence-corrected chi connectivity index (χ0v) is 17.4. The number of nitrogens with zero attached hydrogens (tertiary/aromatic N) is 4. The molecule has 7 nitrogen and oxygen atoms in total. The molecule has 0 radical (unpaired) electrons. The molecule has 3 rings (SSSR count). The van der Waals surface area contributed by atoms with Gasteiger partial charge in [0.1, 0.15) is 0 Å². The maximum atomic E-state index is 12.7. The lowest BCUT2D eigenvalue weighted by atomic mass is 10.1. The van der Waals surface area contributed by atoms with Gasteiger partial charge in [0.25, 0.3) is 0 Å². The first-order valence-electron chi connectivity index (χ1n) is 9.41. The fraction of sp³-hybridized carbons (Fsp3) is 0.286. The van der Waals surface area contributed by atoms with Crippen molar-refractivity contribution in [3.8, 4) is 11.4 Å². The molecule has 0 aliphatic heterocycles. The summed E-state index contributed by atoms with van der Waals surface area (Å²) in [7, 11) is 0. The molecule has 2 aromatic heterocycles. The number of benzene rings is 1. The van der Waals surface area contributed by atoms with E-state index in [2.05, 4.69) is 27.4 Å². The molecule has 1 amide bonds. The van der Waals surface area contributed by atoms with Crippen LogP contribution in [0.4, 0.5) is 5.69 Å². The lowest BCUT2D eigenvalue weighted by molar-refractivity contribution is -0.115. The van der Waals surface area contributed by atoms with Crippen LogP contribution in [0.25, 0.3) is 11.4 Å². The highest BCUT2D eigenvalue weighted by Gasteiger charge is 2.21. The predicted octanol–water partition coefficient (Wildman–Crippen LogP) is 4.07. The van der Waals surface area contributed by atoms with E-state index < -0.39 is 0 Å². The third-order valence-electron chi connectivity index (χ3n) is 4.29. The molecule has 0 saturated heterocycles. The fourth-order valence-electron chi connectivity index (χ4n) is 2.79. The van der Waals surface area contributed by atoms with Crippen LogP contribution in [-0.2, 0) is 11.3 Å². The number of hydrogen-bond acceptors (Lipinski definition) is 6. The largest absolute Gasteiger partial charge is 0.325 e. The van der Waals surface area contributed by atoms with Crippen molar-refractivity contribution in [2.45, 2.75) is 44.1 Å². The van der Waals surface area contributed by atoms with Gasteiger partial charge in [0.05, 0.1) is 5.25 Å². The van der Waals surface area contributed by atoms with Gasteiger partial charge in [-0.1, -0.05) is 30.8 Å². The van der Waals surface area contributed by atoms with Gasteiger partial charge in [-0.15, -0.1) is 10.2 Å². The number of ketones is 1. The van der Waals surface area contributed by atoms with E-state index in [-0.39, 0.29) is 16.9 Å². The first-order chi connectivity index (χ1) is 14.0. The number of anilines is 1. The lowest BCUT2D eigenvalue weighted by Crippen LogP contribution is -2.23. The molecular weight excluding hydrogens is 386 g/mol. The predicted molar refractivity (Wildman–Crippen MR) is 114 cm³/mol. The summed E-state index contributed by atoms with van der Waals surface area (Å²) in [6.45, 7) is 6.16. The first kappa shape index (κ1) is 20.7. The average molecular weight is 410 g/mol. The summed E-state index contributed by atoms with van der Waals surface area (Å²) in [4.78, 5) is 28.2. The molecule has 1 aromatic carbocycles.